The van der Waals surface area contributed by atoms with Crippen molar-refractivity contribution in [2.75, 3.05) is 50.7 Å². The normalized spacial score (nSPS) is 20.8. The quantitative estimate of drug-likeness (QED) is 0.233. The van der Waals surface area contributed by atoms with Gasteiger partial charge in [-0.1, -0.05) is 6.92 Å². The second-order valence-corrected chi connectivity index (χ2v) is 8.38. The maximum atomic E-state index is 14.0. The molecule has 6 nitrogen and oxygen atoms in total. The summed E-state index contributed by atoms with van der Waals surface area (Å²) in [7, 11) is 0. The third kappa shape index (κ3) is 7.83. The minimum absolute atomic E-state index is 0. The van der Waals surface area contributed by atoms with Crippen molar-refractivity contribution in [1.29, 1.82) is 0 Å². The van der Waals surface area contributed by atoms with Crippen LogP contribution in [0, 0.1) is 11.7 Å². The number of rotatable bonds is 8. The number of aromatic nitrogens is 1. The van der Waals surface area contributed by atoms with Gasteiger partial charge in [0.1, 0.15) is 0 Å². The molecule has 1 unspecified atom stereocenters. The van der Waals surface area contributed by atoms with Gasteiger partial charge in [-0.15, -0.1) is 24.0 Å². The van der Waals surface area contributed by atoms with Gasteiger partial charge in [-0.3, -0.25) is 4.99 Å². The molecule has 1 aromatic rings. The van der Waals surface area contributed by atoms with E-state index in [-0.39, 0.29) is 35.8 Å². The third-order valence-electron chi connectivity index (χ3n) is 5.94. The topological polar surface area (TPSA) is 55.8 Å². The molecule has 2 aliphatic heterocycles. The summed E-state index contributed by atoms with van der Waals surface area (Å²) >= 11 is 0. The van der Waals surface area contributed by atoms with Crippen molar-refractivity contribution in [2.45, 2.75) is 52.0 Å². The molecule has 3 heterocycles. The van der Waals surface area contributed by atoms with Crippen molar-refractivity contribution in [1.82, 2.24) is 20.5 Å². The van der Waals surface area contributed by atoms with Gasteiger partial charge < -0.3 is 20.4 Å². The van der Waals surface area contributed by atoms with E-state index < -0.39 is 0 Å². The van der Waals surface area contributed by atoms with E-state index in [9.17, 15) is 4.39 Å². The number of aliphatic imine (C=N–C) groups is 1. The summed E-state index contributed by atoms with van der Waals surface area (Å²) in [6, 6.07) is 3.36. The third-order valence-corrected chi connectivity index (χ3v) is 5.94. The lowest BCUT2D eigenvalue weighted by atomic mass is 9.99. The molecule has 0 saturated carbocycles. The summed E-state index contributed by atoms with van der Waals surface area (Å²) < 4.78 is 14.0. The first kappa shape index (κ1) is 25.1. The first-order valence-corrected chi connectivity index (χ1v) is 11.3. The second kappa shape index (κ2) is 13.3. The molecule has 0 bridgehead atoms. The highest BCUT2D eigenvalue weighted by atomic mass is 127. The summed E-state index contributed by atoms with van der Waals surface area (Å²) in [6.07, 6.45) is 7.59. The number of piperidine rings is 1. The average molecular weight is 532 g/mol. The highest BCUT2D eigenvalue weighted by molar-refractivity contribution is 14.0. The van der Waals surface area contributed by atoms with Crippen LogP contribution in [0.3, 0.4) is 0 Å². The number of pyridine rings is 1. The number of halogens is 2. The highest BCUT2D eigenvalue weighted by Crippen LogP contribution is 2.20. The van der Waals surface area contributed by atoms with Crippen molar-refractivity contribution in [2.24, 2.45) is 10.9 Å². The van der Waals surface area contributed by atoms with Crippen molar-refractivity contribution in [3.63, 3.8) is 0 Å². The molecule has 1 aromatic heterocycles. The van der Waals surface area contributed by atoms with E-state index in [1.807, 2.05) is 4.90 Å². The van der Waals surface area contributed by atoms with Gasteiger partial charge in [-0.05, 0) is 76.7 Å². The minimum atomic E-state index is -0.253. The fourth-order valence-corrected chi connectivity index (χ4v) is 4.12. The van der Waals surface area contributed by atoms with Gasteiger partial charge in [0.2, 0.25) is 0 Å². The number of nitrogens with one attached hydrogen (secondary N) is 2. The van der Waals surface area contributed by atoms with Crippen molar-refractivity contribution >= 4 is 35.8 Å². The maximum absolute atomic E-state index is 14.0. The number of unbranched alkanes of at least 4 members (excludes halogenated alkanes) is 1. The zero-order chi connectivity index (χ0) is 20.5. The van der Waals surface area contributed by atoms with Crippen LogP contribution in [0.1, 0.15) is 46.0 Å². The Hall–Kier alpha value is -1.16. The van der Waals surface area contributed by atoms with Crippen LogP contribution in [0.25, 0.3) is 0 Å². The van der Waals surface area contributed by atoms with E-state index >= 15 is 0 Å². The van der Waals surface area contributed by atoms with Crippen LogP contribution in [0.5, 0.6) is 0 Å². The van der Waals surface area contributed by atoms with Crippen LogP contribution in [0.4, 0.5) is 10.2 Å². The molecule has 8 heteroatoms. The van der Waals surface area contributed by atoms with Gasteiger partial charge in [-0.2, -0.15) is 0 Å². The van der Waals surface area contributed by atoms with Gasteiger partial charge in [-0.25, -0.2) is 9.37 Å². The number of anilines is 1. The number of hydrogen-bond donors (Lipinski definition) is 2. The lowest BCUT2D eigenvalue weighted by Gasteiger charge is -2.30. The molecule has 2 saturated heterocycles. The van der Waals surface area contributed by atoms with E-state index in [0.717, 1.165) is 50.9 Å². The summed E-state index contributed by atoms with van der Waals surface area (Å²) in [5, 5.41) is 6.86. The predicted octanol–water partition coefficient (Wildman–Crippen LogP) is 3.48. The molecule has 1 atom stereocenters. The zero-order valence-corrected chi connectivity index (χ0v) is 20.8. The molecule has 0 radical (unpaired) electrons. The molecule has 30 heavy (non-hydrogen) atoms. The van der Waals surface area contributed by atoms with Gasteiger partial charge >= 0.3 is 0 Å². The molecule has 3 rings (SSSR count). The monoisotopic (exact) mass is 532 g/mol. The van der Waals surface area contributed by atoms with E-state index in [1.54, 1.807) is 12.3 Å². The Morgan fingerprint density at radius 3 is 2.77 bits per heavy atom. The molecule has 0 aromatic carbocycles. The van der Waals surface area contributed by atoms with Gasteiger partial charge in [0, 0.05) is 38.4 Å². The zero-order valence-electron chi connectivity index (χ0n) is 18.4. The van der Waals surface area contributed by atoms with Crippen LogP contribution in [-0.4, -0.2) is 67.7 Å². The summed E-state index contributed by atoms with van der Waals surface area (Å²) in [5.41, 5.74) is 0. The largest absolute Gasteiger partial charge is 0.357 e. The molecule has 170 valence electrons. The first-order valence-electron chi connectivity index (χ1n) is 11.3. The molecular formula is C22H38FIN6. The number of likely N-dealkylation sites (tertiary alicyclic amines) is 1. The van der Waals surface area contributed by atoms with Crippen LogP contribution < -0.4 is 15.5 Å². The standard InChI is InChI=1S/C22H37FN6.HI/c1-3-24-22(26-11-4-5-13-28-14-8-18(2)9-15-28)27-19-10-16-29(17-19)21-20(23)7-6-12-25-21;/h6-7,12,18-19H,3-5,8-11,13-17H2,1-2H3,(H2,24,26,27);1H. The number of nitrogens with zero attached hydrogens (tertiary/aromatic N) is 4. The fourth-order valence-electron chi connectivity index (χ4n) is 4.12. The molecular weight excluding hydrogens is 494 g/mol. The Morgan fingerprint density at radius 1 is 1.23 bits per heavy atom. The van der Waals surface area contributed by atoms with E-state index in [2.05, 4.69) is 34.4 Å². The number of guanidine groups is 1. The molecule has 2 N–H and O–H groups in total. The Balaban J connectivity index is 0.00000320. The van der Waals surface area contributed by atoms with Crippen LogP contribution >= 0.6 is 24.0 Å². The van der Waals surface area contributed by atoms with Crippen LogP contribution in [0.15, 0.2) is 23.3 Å². The minimum Gasteiger partial charge on any atom is -0.357 e. The van der Waals surface area contributed by atoms with Gasteiger partial charge in [0.25, 0.3) is 0 Å². The highest BCUT2D eigenvalue weighted by Gasteiger charge is 2.25. The molecule has 2 fully saturated rings. The Bertz CT molecular complexity index is 650. The molecule has 2 aliphatic rings. The van der Waals surface area contributed by atoms with Crippen LogP contribution in [-0.2, 0) is 0 Å². The average Bonchev–Trinajstić information content (AvgIpc) is 3.18. The number of hydrogen-bond acceptors (Lipinski definition) is 4. The lowest BCUT2D eigenvalue weighted by molar-refractivity contribution is 0.190. The van der Waals surface area contributed by atoms with Gasteiger partial charge in [0.15, 0.2) is 17.6 Å². The Labute approximate surface area is 198 Å². The molecule has 0 aliphatic carbocycles. The van der Waals surface area contributed by atoms with E-state index in [0.29, 0.717) is 5.82 Å². The smallest absolute Gasteiger partial charge is 0.191 e. The lowest BCUT2D eigenvalue weighted by Crippen LogP contribution is -2.44. The van der Waals surface area contributed by atoms with Gasteiger partial charge in [0.05, 0.1) is 0 Å². The summed E-state index contributed by atoms with van der Waals surface area (Å²) in [6.45, 7) is 11.4. The summed E-state index contributed by atoms with van der Waals surface area (Å²) in [5.74, 6) is 1.96. The Morgan fingerprint density at radius 2 is 2.03 bits per heavy atom. The molecule has 0 amide bonds. The van der Waals surface area contributed by atoms with Crippen molar-refractivity contribution in [3.8, 4) is 0 Å². The van der Waals surface area contributed by atoms with E-state index in [4.69, 9.17) is 4.99 Å². The second-order valence-electron chi connectivity index (χ2n) is 8.38. The van der Waals surface area contributed by atoms with Crippen molar-refractivity contribution in [3.05, 3.63) is 24.1 Å². The Kier molecular flexibility index (Phi) is 11.1. The SMILES string of the molecule is CCNC(=NCCCCN1CCC(C)CC1)NC1CCN(c2ncccc2F)C1.I. The van der Waals surface area contributed by atoms with E-state index in [1.165, 1.54) is 45.0 Å². The van der Waals surface area contributed by atoms with Crippen molar-refractivity contribution < 1.29 is 4.39 Å². The molecule has 0 spiro atoms. The van der Waals surface area contributed by atoms with Crippen LogP contribution in [0.2, 0.25) is 0 Å². The fraction of sp³-hybridized carbons (Fsp3) is 0.727. The maximum Gasteiger partial charge on any atom is 0.191 e. The first-order chi connectivity index (χ1) is 14.2. The predicted molar refractivity (Wildman–Crippen MR) is 133 cm³/mol. The summed E-state index contributed by atoms with van der Waals surface area (Å²) in [4.78, 5) is 13.6.